The van der Waals surface area contributed by atoms with E-state index >= 15 is 0 Å². The van der Waals surface area contributed by atoms with E-state index in [-0.39, 0.29) is 11.4 Å². The summed E-state index contributed by atoms with van der Waals surface area (Å²) in [6.45, 7) is 2.04. The van der Waals surface area contributed by atoms with Gasteiger partial charge in [0.1, 0.15) is 0 Å². The van der Waals surface area contributed by atoms with Gasteiger partial charge in [-0.1, -0.05) is 0 Å². The SMILES string of the molecule is Cc1[nH]ncc1CNS(=O)(=O)c1ccc(N)cc1. The number of sulfonamides is 1. The van der Waals surface area contributed by atoms with E-state index in [4.69, 9.17) is 5.73 Å². The fourth-order valence-electron chi connectivity index (χ4n) is 1.46. The lowest BCUT2D eigenvalue weighted by Gasteiger charge is -2.06. The van der Waals surface area contributed by atoms with E-state index in [1.807, 2.05) is 6.92 Å². The Balaban J connectivity index is 2.13. The Bertz CT molecular complexity index is 631. The Hall–Kier alpha value is -1.86. The number of nitrogens with two attached hydrogens (primary N) is 1. The third-order valence-electron chi connectivity index (χ3n) is 2.58. The lowest BCUT2D eigenvalue weighted by Crippen LogP contribution is -2.23. The Labute approximate surface area is 105 Å². The Kier molecular flexibility index (Phi) is 3.35. The minimum Gasteiger partial charge on any atom is -0.399 e. The Morgan fingerprint density at radius 2 is 2.00 bits per heavy atom. The largest absolute Gasteiger partial charge is 0.399 e. The molecule has 2 rings (SSSR count). The molecule has 1 aromatic heterocycles. The number of H-pyrrole nitrogens is 1. The van der Waals surface area contributed by atoms with Gasteiger partial charge in [-0.2, -0.15) is 5.10 Å². The summed E-state index contributed by atoms with van der Waals surface area (Å²) in [5, 5.41) is 6.58. The first-order chi connectivity index (χ1) is 8.49. The molecule has 0 bridgehead atoms. The maximum absolute atomic E-state index is 12.0. The Morgan fingerprint density at radius 1 is 1.33 bits per heavy atom. The average molecular weight is 266 g/mol. The average Bonchev–Trinajstić information content (AvgIpc) is 2.73. The van der Waals surface area contributed by atoms with Crippen molar-refractivity contribution in [2.75, 3.05) is 5.73 Å². The summed E-state index contributed by atoms with van der Waals surface area (Å²) in [4.78, 5) is 0.192. The Morgan fingerprint density at radius 3 is 2.56 bits per heavy atom. The summed E-state index contributed by atoms with van der Waals surface area (Å²) < 4.78 is 26.4. The van der Waals surface area contributed by atoms with Crippen LogP contribution in [0.1, 0.15) is 11.3 Å². The van der Waals surface area contributed by atoms with Crippen molar-refractivity contribution in [2.24, 2.45) is 0 Å². The van der Waals surface area contributed by atoms with Gasteiger partial charge in [0.2, 0.25) is 10.0 Å². The summed E-state index contributed by atoms with van der Waals surface area (Å²) in [7, 11) is -3.52. The van der Waals surface area contributed by atoms with Crippen LogP contribution in [0.4, 0.5) is 5.69 Å². The predicted molar refractivity (Wildman–Crippen MR) is 68.2 cm³/mol. The summed E-state index contributed by atoms with van der Waals surface area (Å²) in [5.74, 6) is 0. The normalized spacial score (nSPS) is 11.6. The molecule has 0 amide bonds. The van der Waals surface area contributed by atoms with Crippen LogP contribution < -0.4 is 10.5 Å². The molecule has 2 aromatic rings. The molecule has 0 saturated heterocycles. The number of aryl methyl sites for hydroxylation is 1. The molecule has 0 aliphatic rings. The van der Waals surface area contributed by atoms with Gasteiger partial charge in [0.15, 0.2) is 0 Å². The highest BCUT2D eigenvalue weighted by atomic mass is 32.2. The van der Waals surface area contributed by atoms with Crippen LogP contribution in [-0.2, 0) is 16.6 Å². The third kappa shape index (κ3) is 2.69. The van der Waals surface area contributed by atoms with Gasteiger partial charge in [0.05, 0.1) is 11.1 Å². The number of rotatable bonds is 4. The first kappa shape index (κ1) is 12.6. The van der Waals surface area contributed by atoms with Crippen LogP contribution in [0, 0.1) is 6.92 Å². The number of hydrogen-bond donors (Lipinski definition) is 3. The molecule has 96 valence electrons. The number of aromatic amines is 1. The minimum absolute atomic E-state index is 0.192. The van der Waals surface area contributed by atoms with Gasteiger partial charge in [-0.3, -0.25) is 5.10 Å². The van der Waals surface area contributed by atoms with E-state index in [9.17, 15) is 8.42 Å². The van der Waals surface area contributed by atoms with Gasteiger partial charge >= 0.3 is 0 Å². The minimum atomic E-state index is -3.52. The van der Waals surface area contributed by atoms with Crippen molar-refractivity contribution in [1.29, 1.82) is 0 Å². The van der Waals surface area contributed by atoms with Crippen LogP contribution in [0.25, 0.3) is 0 Å². The zero-order valence-corrected chi connectivity index (χ0v) is 10.7. The van der Waals surface area contributed by atoms with Gasteiger partial charge in [0.25, 0.3) is 0 Å². The fourth-order valence-corrected chi connectivity index (χ4v) is 2.46. The molecule has 0 unspecified atom stereocenters. The van der Waals surface area contributed by atoms with Crippen LogP contribution in [0.3, 0.4) is 0 Å². The number of benzene rings is 1. The molecular formula is C11H14N4O2S. The van der Waals surface area contributed by atoms with Crippen molar-refractivity contribution < 1.29 is 8.42 Å². The molecule has 0 fully saturated rings. The topological polar surface area (TPSA) is 101 Å². The molecule has 0 radical (unpaired) electrons. The number of nitrogens with zero attached hydrogens (tertiary/aromatic N) is 1. The van der Waals surface area contributed by atoms with Crippen LogP contribution in [0.15, 0.2) is 35.4 Å². The summed E-state index contributed by atoms with van der Waals surface area (Å²) >= 11 is 0. The molecule has 0 aliphatic heterocycles. The van der Waals surface area contributed by atoms with Gasteiger partial charge in [-0.05, 0) is 31.2 Å². The summed E-state index contributed by atoms with van der Waals surface area (Å²) in [6.07, 6.45) is 1.60. The smallest absolute Gasteiger partial charge is 0.240 e. The van der Waals surface area contributed by atoms with E-state index in [0.29, 0.717) is 5.69 Å². The molecule has 0 spiro atoms. The zero-order chi connectivity index (χ0) is 13.2. The molecule has 0 atom stereocenters. The molecule has 7 heteroatoms. The number of nitrogens with one attached hydrogen (secondary N) is 2. The van der Waals surface area contributed by atoms with Crippen LogP contribution in [0.2, 0.25) is 0 Å². The maximum Gasteiger partial charge on any atom is 0.240 e. The first-order valence-corrected chi connectivity index (χ1v) is 6.81. The number of anilines is 1. The number of aromatic nitrogens is 2. The number of nitrogen functional groups attached to an aromatic ring is 1. The second-order valence-electron chi connectivity index (χ2n) is 3.91. The van der Waals surface area contributed by atoms with Crippen molar-refractivity contribution in [2.45, 2.75) is 18.4 Å². The number of hydrogen-bond acceptors (Lipinski definition) is 4. The standard InChI is InChI=1S/C11H14N4O2S/c1-8-9(6-13-15-8)7-14-18(16,17)11-4-2-10(12)3-5-11/h2-6,14H,7,12H2,1H3,(H,13,15). The van der Waals surface area contributed by atoms with Crippen molar-refractivity contribution in [3.8, 4) is 0 Å². The lowest BCUT2D eigenvalue weighted by atomic mass is 10.3. The van der Waals surface area contributed by atoms with Gasteiger partial charge in [0, 0.05) is 23.5 Å². The third-order valence-corrected chi connectivity index (χ3v) is 3.99. The van der Waals surface area contributed by atoms with Crippen molar-refractivity contribution in [3.63, 3.8) is 0 Å². The molecule has 0 aliphatic carbocycles. The van der Waals surface area contributed by atoms with Crippen LogP contribution in [0.5, 0.6) is 0 Å². The fraction of sp³-hybridized carbons (Fsp3) is 0.182. The predicted octanol–water partition coefficient (Wildman–Crippen LogP) is 0.779. The molecule has 1 heterocycles. The van der Waals surface area contributed by atoms with Crippen molar-refractivity contribution in [3.05, 3.63) is 41.7 Å². The van der Waals surface area contributed by atoms with Gasteiger partial charge in [-0.25, -0.2) is 13.1 Å². The van der Waals surface area contributed by atoms with Crippen molar-refractivity contribution in [1.82, 2.24) is 14.9 Å². The molecule has 6 nitrogen and oxygen atoms in total. The van der Waals surface area contributed by atoms with E-state index in [1.165, 1.54) is 12.1 Å². The van der Waals surface area contributed by atoms with Gasteiger partial charge in [-0.15, -0.1) is 0 Å². The lowest BCUT2D eigenvalue weighted by molar-refractivity contribution is 0.581. The highest BCUT2D eigenvalue weighted by Gasteiger charge is 2.14. The van der Waals surface area contributed by atoms with Crippen LogP contribution >= 0.6 is 0 Å². The second-order valence-corrected chi connectivity index (χ2v) is 5.68. The van der Waals surface area contributed by atoms with E-state index in [2.05, 4.69) is 14.9 Å². The first-order valence-electron chi connectivity index (χ1n) is 5.33. The molecule has 18 heavy (non-hydrogen) atoms. The molecule has 0 saturated carbocycles. The van der Waals surface area contributed by atoms with Crippen LogP contribution in [-0.4, -0.2) is 18.6 Å². The highest BCUT2D eigenvalue weighted by molar-refractivity contribution is 7.89. The van der Waals surface area contributed by atoms with E-state index in [0.717, 1.165) is 11.3 Å². The monoisotopic (exact) mass is 266 g/mol. The molecule has 4 N–H and O–H groups in total. The summed E-state index contributed by atoms with van der Waals surface area (Å²) in [5.41, 5.74) is 7.70. The maximum atomic E-state index is 12.0. The van der Waals surface area contributed by atoms with E-state index in [1.54, 1.807) is 18.3 Å². The van der Waals surface area contributed by atoms with Gasteiger partial charge < -0.3 is 5.73 Å². The molecule has 1 aromatic carbocycles. The summed E-state index contributed by atoms with van der Waals surface area (Å²) in [6, 6.07) is 6.05. The second kappa shape index (κ2) is 4.79. The molecular weight excluding hydrogens is 252 g/mol. The quantitative estimate of drug-likeness (QED) is 0.712. The zero-order valence-electron chi connectivity index (χ0n) is 9.84. The highest BCUT2D eigenvalue weighted by Crippen LogP contribution is 2.12. The van der Waals surface area contributed by atoms with E-state index < -0.39 is 10.0 Å². The van der Waals surface area contributed by atoms with Crippen molar-refractivity contribution >= 4 is 15.7 Å².